The second kappa shape index (κ2) is 5.64. The molecule has 1 aromatic rings. The lowest BCUT2D eigenvalue weighted by Crippen LogP contribution is -2.66. The average Bonchev–Trinajstić information content (AvgIpc) is 3.08. The molecule has 2 atom stereocenters. The van der Waals surface area contributed by atoms with Crippen LogP contribution >= 0.6 is 0 Å². The van der Waals surface area contributed by atoms with Crippen LogP contribution in [0.15, 0.2) is 35.6 Å². The Labute approximate surface area is 156 Å². The van der Waals surface area contributed by atoms with E-state index in [0.29, 0.717) is 6.42 Å². The zero-order valence-corrected chi connectivity index (χ0v) is 15.4. The zero-order valence-electron chi connectivity index (χ0n) is 15.4. The zero-order chi connectivity index (χ0) is 19.6. The van der Waals surface area contributed by atoms with Crippen molar-refractivity contribution in [3.8, 4) is 0 Å². The van der Waals surface area contributed by atoms with Crippen LogP contribution in [0.5, 0.6) is 0 Å². The summed E-state index contributed by atoms with van der Waals surface area (Å²) in [5, 5.41) is 33.9. The Morgan fingerprint density at radius 2 is 1.70 bits per heavy atom. The predicted octanol–water partition coefficient (Wildman–Crippen LogP) is 1.02. The highest BCUT2D eigenvalue weighted by Gasteiger charge is 2.84. The minimum absolute atomic E-state index is 0.0264. The molecule has 144 valence electrons. The van der Waals surface area contributed by atoms with Gasteiger partial charge in [0, 0.05) is 17.7 Å². The lowest BCUT2D eigenvalue weighted by Gasteiger charge is -2.45. The fourth-order valence-corrected chi connectivity index (χ4v) is 4.89. The van der Waals surface area contributed by atoms with Gasteiger partial charge in [-0.25, -0.2) is 0 Å². The molecule has 7 nitrogen and oxygen atoms in total. The number of likely N-dealkylation sites (tertiary alicyclic amines) is 1. The Morgan fingerprint density at radius 3 is 2.37 bits per heavy atom. The number of ketones is 1. The van der Waals surface area contributed by atoms with Crippen molar-refractivity contribution in [2.45, 2.75) is 56.6 Å². The molecule has 1 aromatic carbocycles. The summed E-state index contributed by atoms with van der Waals surface area (Å²) < 4.78 is 5.67. The third-order valence-corrected chi connectivity index (χ3v) is 5.98. The minimum Gasteiger partial charge on any atom is -0.459 e. The maximum absolute atomic E-state index is 12.8. The van der Waals surface area contributed by atoms with E-state index in [1.807, 2.05) is 0 Å². The van der Waals surface area contributed by atoms with Gasteiger partial charge in [-0.05, 0) is 13.3 Å². The number of hydrogen-bond acceptors (Lipinski definition) is 6. The number of unbranched alkanes of at least 4 members (excludes halogenated alkanes) is 3. The topological polar surface area (TPSA) is 107 Å². The molecular formula is C20H23NO6. The number of aliphatic hydroxyl groups is 3. The first-order chi connectivity index (χ1) is 12.7. The summed E-state index contributed by atoms with van der Waals surface area (Å²) in [4.78, 5) is 26.7. The maximum Gasteiger partial charge on any atom is 0.295 e. The number of ether oxygens (including phenoxy) is 1. The molecule has 0 unspecified atom stereocenters. The van der Waals surface area contributed by atoms with E-state index in [1.54, 1.807) is 12.1 Å². The molecule has 27 heavy (non-hydrogen) atoms. The van der Waals surface area contributed by atoms with Crippen LogP contribution in [-0.2, 0) is 25.9 Å². The van der Waals surface area contributed by atoms with E-state index < -0.39 is 28.8 Å². The summed E-state index contributed by atoms with van der Waals surface area (Å²) in [7, 11) is 0. The van der Waals surface area contributed by atoms with Crippen LogP contribution in [0.25, 0.3) is 0 Å². The number of hydrogen-bond donors (Lipinski definition) is 3. The third-order valence-electron chi connectivity index (χ3n) is 5.98. The van der Waals surface area contributed by atoms with E-state index in [-0.39, 0.29) is 29.0 Å². The monoisotopic (exact) mass is 373 g/mol. The molecule has 0 saturated carbocycles. The average molecular weight is 373 g/mol. The quantitative estimate of drug-likeness (QED) is 0.404. The first-order valence-corrected chi connectivity index (χ1v) is 9.29. The lowest BCUT2D eigenvalue weighted by atomic mass is 9.79. The molecule has 0 bridgehead atoms. The highest BCUT2D eigenvalue weighted by atomic mass is 16.6. The van der Waals surface area contributed by atoms with Crippen molar-refractivity contribution in [1.29, 1.82) is 0 Å². The molecule has 1 spiro atoms. The Bertz CT molecular complexity index is 875. The van der Waals surface area contributed by atoms with Gasteiger partial charge < -0.3 is 25.0 Å². The maximum atomic E-state index is 12.8. The number of nitrogens with zero attached hydrogens (tertiary/aromatic N) is 1. The van der Waals surface area contributed by atoms with Gasteiger partial charge in [0.25, 0.3) is 17.5 Å². The molecule has 1 amide bonds. The normalized spacial score (nSPS) is 30.5. The molecule has 7 heteroatoms. The summed E-state index contributed by atoms with van der Waals surface area (Å²) in [6.45, 7) is 3.62. The van der Waals surface area contributed by atoms with Crippen LogP contribution in [0.4, 0.5) is 0 Å². The number of amides is 1. The van der Waals surface area contributed by atoms with Crippen LogP contribution in [-0.4, -0.2) is 44.0 Å². The fourth-order valence-electron chi connectivity index (χ4n) is 4.89. The Morgan fingerprint density at radius 1 is 1.04 bits per heavy atom. The molecule has 3 N–H and O–H groups in total. The smallest absolute Gasteiger partial charge is 0.295 e. The summed E-state index contributed by atoms with van der Waals surface area (Å²) in [6, 6.07) is 6.21. The highest BCUT2D eigenvalue weighted by Crippen LogP contribution is 2.66. The number of Topliss-reactive ketones (excluding diaryl/α,β-unsaturated/α-hetero) is 1. The van der Waals surface area contributed by atoms with Crippen molar-refractivity contribution >= 4 is 11.7 Å². The van der Waals surface area contributed by atoms with Gasteiger partial charge in [0.15, 0.2) is 0 Å². The number of carbonyl (C=O) groups excluding carboxylic acids is 2. The summed E-state index contributed by atoms with van der Waals surface area (Å²) in [6.07, 6.45) is 3.34. The van der Waals surface area contributed by atoms with Gasteiger partial charge in [0.1, 0.15) is 5.76 Å². The van der Waals surface area contributed by atoms with E-state index in [9.17, 15) is 24.9 Å². The number of fused-ring (bicyclic) bond motifs is 2. The molecule has 2 aliphatic heterocycles. The molecular weight excluding hydrogens is 350 g/mol. The highest BCUT2D eigenvalue weighted by molar-refractivity contribution is 6.46. The largest absolute Gasteiger partial charge is 0.459 e. The van der Waals surface area contributed by atoms with Crippen molar-refractivity contribution in [3.63, 3.8) is 0 Å². The standard InChI is InChI=1S/C20H23NO6/c1-3-4-5-8-11-21-17(23)16(22)15-12(2)27-20(26)14-10-7-6-9-13(14)19(24,25)18(15,20)21/h6-7,9-10,24-26H,3-5,8,11H2,1-2H3/t18-,20+/m0/s1. The summed E-state index contributed by atoms with van der Waals surface area (Å²) in [5.74, 6) is -6.58. The molecule has 0 radical (unpaired) electrons. The van der Waals surface area contributed by atoms with Crippen molar-refractivity contribution in [2.75, 3.05) is 6.54 Å². The van der Waals surface area contributed by atoms with Gasteiger partial charge in [-0.3, -0.25) is 9.59 Å². The van der Waals surface area contributed by atoms with Crippen molar-refractivity contribution in [2.24, 2.45) is 0 Å². The minimum atomic E-state index is -2.67. The van der Waals surface area contributed by atoms with Crippen LogP contribution in [0, 0.1) is 0 Å². The third kappa shape index (κ3) is 1.86. The molecule has 3 aliphatic rings. The van der Waals surface area contributed by atoms with E-state index in [0.717, 1.165) is 24.2 Å². The summed E-state index contributed by atoms with van der Waals surface area (Å²) >= 11 is 0. The number of carbonyl (C=O) groups is 2. The molecule has 1 saturated heterocycles. The lowest BCUT2D eigenvalue weighted by molar-refractivity contribution is -0.315. The Balaban J connectivity index is 1.92. The Kier molecular flexibility index (Phi) is 3.79. The summed E-state index contributed by atoms with van der Waals surface area (Å²) in [5.41, 5.74) is -2.11. The van der Waals surface area contributed by atoms with Gasteiger partial charge in [0.05, 0.1) is 5.57 Å². The van der Waals surface area contributed by atoms with Gasteiger partial charge in [-0.15, -0.1) is 0 Å². The van der Waals surface area contributed by atoms with Gasteiger partial charge >= 0.3 is 0 Å². The van der Waals surface area contributed by atoms with E-state index in [1.165, 1.54) is 19.1 Å². The SMILES string of the molecule is CCCCCCN1C(=O)C(=O)C2=C(C)O[C@]3(O)c4ccccc4C(O)(O)[C@]213. The van der Waals surface area contributed by atoms with Crippen LogP contribution in [0.2, 0.25) is 0 Å². The van der Waals surface area contributed by atoms with Crippen molar-refractivity contribution in [3.05, 3.63) is 46.7 Å². The molecule has 4 rings (SSSR count). The van der Waals surface area contributed by atoms with E-state index >= 15 is 0 Å². The number of benzene rings is 1. The molecule has 1 fully saturated rings. The van der Waals surface area contributed by atoms with Gasteiger partial charge in [-0.1, -0.05) is 50.5 Å². The van der Waals surface area contributed by atoms with Crippen LogP contribution in [0.1, 0.15) is 50.7 Å². The first kappa shape index (κ1) is 18.2. The molecule has 1 aliphatic carbocycles. The molecule has 2 heterocycles. The number of rotatable bonds is 5. The Hall–Kier alpha value is -2.22. The second-order valence-corrected chi connectivity index (χ2v) is 7.45. The fraction of sp³-hybridized carbons (Fsp3) is 0.500. The van der Waals surface area contributed by atoms with Crippen LogP contribution in [0.3, 0.4) is 0 Å². The van der Waals surface area contributed by atoms with E-state index in [4.69, 9.17) is 4.74 Å². The molecule has 0 aromatic heterocycles. The van der Waals surface area contributed by atoms with Crippen LogP contribution < -0.4 is 0 Å². The van der Waals surface area contributed by atoms with Gasteiger partial charge in [0.2, 0.25) is 11.3 Å². The number of allylic oxidation sites excluding steroid dienone is 1. The van der Waals surface area contributed by atoms with Crippen molar-refractivity contribution < 1.29 is 29.6 Å². The van der Waals surface area contributed by atoms with Gasteiger partial charge in [-0.2, -0.15) is 0 Å². The van der Waals surface area contributed by atoms with E-state index in [2.05, 4.69) is 6.92 Å². The predicted molar refractivity (Wildman–Crippen MR) is 93.8 cm³/mol. The second-order valence-electron chi connectivity index (χ2n) is 7.45. The van der Waals surface area contributed by atoms with Crippen molar-refractivity contribution in [1.82, 2.24) is 4.90 Å². The first-order valence-electron chi connectivity index (χ1n) is 9.29.